The van der Waals surface area contributed by atoms with Crippen LogP contribution in [0, 0.1) is 0 Å². The van der Waals surface area contributed by atoms with Crippen LogP contribution in [0.1, 0.15) is 65.2 Å². The lowest BCUT2D eigenvalue weighted by atomic mass is 9.81. The first-order valence-corrected chi connectivity index (χ1v) is 18.8. The first-order chi connectivity index (χ1) is 27.4. The van der Waals surface area contributed by atoms with Gasteiger partial charge >= 0.3 is 0 Å². The zero-order valence-corrected chi connectivity index (χ0v) is 30.0. The number of hydrogen-bond acceptors (Lipinski definition) is 4. The molecule has 0 aliphatic heterocycles. The number of fused-ring (bicyclic) bond motifs is 8. The van der Waals surface area contributed by atoms with Gasteiger partial charge in [0.1, 0.15) is 11.2 Å². The molecule has 0 unspecified atom stereocenters. The number of ketones is 2. The molecule has 3 aliphatic rings. The summed E-state index contributed by atoms with van der Waals surface area (Å²) in [5.41, 5.74) is 11.3. The monoisotopic (exact) mass is 720 g/mol. The minimum Gasteiger partial charge on any atom is -0.376 e. The molecule has 0 bridgehead atoms. The highest BCUT2D eigenvalue weighted by Gasteiger charge is 2.44. The maximum atomic E-state index is 14.0. The van der Waals surface area contributed by atoms with Gasteiger partial charge in [0.25, 0.3) is 0 Å². The minimum atomic E-state index is -1.29. The molecule has 3 aliphatic carbocycles. The van der Waals surface area contributed by atoms with Crippen molar-refractivity contribution in [1.29, 1.82) is 0 Å². The van der Waals surface area contributed by atoms with Crippen molar-refractivity contribution in [2.75, 3.05) is 0 Å². The Morgan fingerprint density at radius 1 is 0.286 bits per heavy atom. The largest absolute Gasteiger partial charge is 0.376 e. The summed E-state index contributed by atoms with van der Waals surface area (Å²) >= 11 is 0. The Kier molecular flexibility index (Phi) is 6.81. The molecule has 0 fully saturated rings. The van der Waals surface area contributed by atoms with Crippen molar-refractivity contribution >= 4 is 11.6 Å². The molecule has 2 N–H and O–H groups in total. The topological polar surface area (TPSA) is 74.6 Å². The molecule has 4 heteroatoms. The third-order valence-electron chi connectivity index (χ3n) is 12.1. The Hall–Kier alpha value is -6.98. The van der Waals surface area contributed by atoms with Gasteiger partial charge in [-0.05, 0) is 79.9 Å². The van der Waals surface area contributed by atoms with Crippen LogP contribution in [0.5, 0.6) is 0 Å². The average molecular weight is 721 g/mol. The van der Waals surface area contributed by atoms with Gasteiger partial charge in [0, 0.05) is 44.5 Å². The third-order valence-corrected chi connectivity index (χ3v) is 12.1. The second kappa shape index (κ2) is 11.8. The van der Waals surface area contributed by atoms with Crippen molar-refractivity contribution in [3.63, 3.8) is 0 Å². The van der Waals surface area contributed by atoms with Crippen molar-refractivity contribution in [2.45, 2.75) is 11.2 Å². The van der Waals surface area contributed by atoms with Crippen molar-refractivity contribution in [2.24, 2.45) is 0 Å². The summed E-state index contributed by atoms with van der Waals surface area (Å²) in [5, 5.41) is 24.6. The van der Waals surface area contributed by atoms with Crippen LogP contribution in [0.25, 0.3) is 44.5 Å². The highest BCUT2D eigenvalue weighted by molar-refractivity contribution is 6.29. The first kappa shape index (κ1) is 32.5. The van der Waals surface area contributed by atoms with Crippen molar-refractivity contribution in [3.8, 4) is 44.5 Å². The Morgan fingerprint density at radius 2 is 0.571 bits per heavy atom. The zero-order chi connectivity index (χ0) is 37.8. The van der Waals surface area contributed by atoms with Crippen molar-refractivity contribution < 1.29 is 19.8 Å². The van der Waals surface area contributed by atoms with Crippen LogP contribution in [-0.2, 0) is 11.2 Å². The van der Waals surface area contributed by atoms with Gasteiger partial charge in [-0.1, -0.05) is 158 Å². The smallest absolute Gasteiger partial charge is 0.194 e. The van der Waals surface area contributed by atoms with E-state index in [1.807, 2.05) is 158 Å². The van der Waals surface area contributed by atoms with E-state index in [9.17, 15) is 19.8 Å². The summed E-state index contributed by atoms with van der Waals surface area (Å²) in [6.07, 6.45) is 0. The average Bonchev–Trinajstić information content (AvgIpc) is 3.69. The van der Waals surface area contributed by atoms with Gasteiger partial charge in [-0.15, -0.1) is 0 Å². The lowest BCUT2D eigenvalue weighted by Crippen LogP contribution is -2.26. The molecule has 0 amide bonds. The van der Waals surface area contributed by atoms with Crippen LogP contribution in [0.2, 0.25) is 0 Å². The van der Waals surface area contributed by atoms with E-state index < -0.39 is 11.2 Å². The van der Waals surface area contributed by atoms with Gasteiger partial charge in [0.2, 0.25) is 0 Å². The number of carbonyl (C=O) groups is 2. The van der Waals surface area contributed by atoms with E-state index in [4.69, 9.17) is 0 Å². The summed E-state index contributed by atoms with van der Waals surface area (Å²) in [7, 11) is 0. The SMILES string of the molecule is O=C1c2ccc(-c3ccc(C4(O)c5ccccc5-c5ccccc54)cc3)cc2C(=O)c2ccc(-c3ccc(C4(O)c5ccccc5-c5ccccc54)cc3)cc21. The number of aliphatic hydroxyl groups is 2. The van der Waals surface area contributed by atoms with Gasteiger partial charge in [-0.25, -0.2) is 0 Å². The lowest BCUT2D eigenvalue weighted by molar-refractivity contribution is 0.0979. The molecule has 0 saturated carbocycles. The van der Waals surface area contributed by atoms with Crippen LogP contribution in [0.4, 0.5) is 0 Å². The maximum absolute atomic E-state index is 14.0. The summed E-state index contributed by atoms with van der Waals surface area (Å²) in [5.74, 6) is -0.381. The molecule has 0 atom stereocenters. The second-order valence-electron chi connectivity index (χ2n) is 14.9. The molecule has 8 aromatic carbocycles. The molecule has 4 nitrogen and oxygen atoms in total. The highest BCUT2D eigenvalue weighted by Crippen LogP contribution is 2.52. The fraction of sp³-hybridized carbons (Fsp3) is 0.0385. The zero-order valence-electron chi connectivity index (χ0n) is 30.0. The number of hydrogen-bond donors (Lipinski definition) is 2. The first-order valence-electron chi connectivity index (χ1n) is 18.8. The Bertz CT molecular complexity index is 2680. The number of rotatable bonds is 4. The number of benzene rings is 8. The summed E-state index contributed by atoms with van der Waals surface area (Å²) < 4.78 is 0. The summed E-state index contributed by atoms with van der Waals surface area (Å²) in [6, 6.07) is 58.3. The van der Waals surface area contributed by atoms with Crippen LogP contribution < -0.4 is 0 Å². The van der Waals surface area contributed by atoms with Gasteiger partial charge in [-0.2, -0.15) is 0 Å². The standard InChI is InChI=1S/C52H32O4/c53-49-42-28-22-34(32-19-25-36(26-20-32)52(56)47-15-7-3-11-39(47)40-12-4-8-16-48(40)52)30-44(42)50(54)41-27-21-33(29-43(41)49)31-17-23-35(24-18-31)51(55)45-13-5-1-9-37(45)38-10-2-6-14-46(38)51/h1-30,55-56H. The quantitative estimate of drug-likeness (QED) is 0.190. The van der Waals surface area contributed by atoms with Gasteiger partial charge in [0.05, 0.1) is 0 Å². The molecule has 0 saturated heterocycles. The third kappa shape index (κ3) is 4.37. The molecular formula is C52H32O4. The molecule has 11 rings (SSSR count). The van der Waals surface area contributed by atoms with Gasteiger partial charge in [-0.3, -0.25) is 9.59 Å². The Labute approximate surface area is 323 Å². The van der Waals surface area contributed by atoms with E-state index in [-0.39, 0.29) is 11.6 Å². The highest BCUT2D eigenvalue weighted by atomic mass is 16.3. The fourth-order valence-corrected chi connectivity index (χ4v) is 9.36. The maximum Gasteiger partial charge on any atom is 0.194 e. The normalized spacial score (nSPS) is 15.0. The molecule has 8 aromatic rings. The van der Waals surface area contributed by atoms with Crippen molar-refractivity contribution in [1.82, 2.24) is 0 Å². The molecular weight excluding hydrogens is 689 g/mol. The molecule has 0 spiro atoms. The fourth-order valence-electron chi connectivity index (χ4n) is 9.36. The Balaban J connectivity index is 0.891. The molecule has 56 heavy (non-hydrogen) atoms. The summed E-state index contributed by atoms with van der Waals surface area (Å²) in [6.45, 7) is 0. The second-order valence-corrected chi connectivity index (χ2v) is 14.9. The van der Waals surface area contributed by atoms with Crippen LogP contribution in [-0.4, -0.2) is 21.8 Å². The van der Waals surface area contributed by atoms with E-state index in [1.54, 1.807) is 24.3 Å². The van der Waals surface area contributed by atoms with Gasteiger partial charge in [0.15, 0.2) is 11.6 Å². The molecule has 0 heterocycles. The van der Waals surface area contributed by atoms with E-state index >= 15 is 0 Å². The van der Waals surface area contributed by atoms with E-state index in [0.29, 0.717) is 22.3 Å². The molecule has 264 valence electrons. The predicted octanol–water partition coefficient (Wildman–Crippen LogP) is 10.3. The van der Waals surface area contributed by atoms with Gasteiger partial charge < -0.3 is 10.2 Å². The minimum absolute atomic E-state index is 0.191. The lowest BCUT2D eigenvalue weighted by Gasteiger charge is -2.27. The molecule has 0 radical (unpaired) electrons. The van der Waals surface area contributed by atoms with E-state index in [1.165, 1.54) is 0 Å². The van der Waals surface area contributed by atoms with E-state index in [2.05, 4.69) is 0 Å². The number of carbonyl (C=O) groups excluding carboxylic acids is 2. The van der Waals surface area contributed by atoms with Crippen molar-refractivity contribution in [3.05, 3.63) is 238 Å². The van der Waals surface area contributed by atoms with Crippen LogP contribution in [0.3, 0.4) is 0 Å². The van der Waals surface area contributed by atoms with E-state index in [0.717, 1.165) is 77.9 Å². The molecule has 0 aromatic heterocycles. The van der Waals surface area contributed by atoms with Crippen LogP contribution >= 0.6 is 0 Å². The van der Waals surface area contributed by atoms with Crippen LogP contribution in [0.15, 0.2) is 182 Å². The summed E-state index contributed by atoms with van der Waals surface area (Å²) in [4.78, 5) is 28.0. The predicted molar refractivity (Wildman–Crippen MR) is 219 cm³/mol. The Morgan fingerprint density at radius 3 is 0.893 bits per heavy atom.